The van der Waals surface area contributed by atoms with Crippen molar-refractivity contribution in [3.63, 3.8) is 0 Å². The van der Waals surface area contributed by atoms with Crippen LogP contribution in [0.25, 0.3) is 6.08 Å². The fourth-order valence-electron chi connectivity index (χ4n) is 1.57. The summed E-state index contributed by atoms with van der Waals surface area (Å²) in [6.45, 7) is 5.11. The van der Waals surface area contributed by atoms with E-state index in [1.165, 1.54) is 11.8 Å². The number of thioether (sulfide) groups is 1. The smallest absolute Gasteiger partial charge is 0.185 e. The second-order valence-corrected chi connectivity index (χ2v) is 5.27. The lowest BCUT2D eigenvalue weighted by atomic mass is 10.1. The van der Waals surface area contributed by atoms with Gasteiger partial charge in [-0.3, -0.25) is 4.79 Å². The van der Waals surface area contributed by atoms with E-state index in [4.69, 9.17) is 0 Å². The molecule has 3 heteroatoms. The maximum Gasteiger partial charge on any atom is 0.185 e. The van der Waals surface area contributed by atoms with E-state index in [9.17, 15) is 9.18 Å². The molecule has 0 amide bonds. The molecule has 0 aromatic heterocycles. The first-order chi connectivity index (χ1) is 8.00. The fourth-order valence-corrected chi connectivity index (χ4v) is 2.11. The van der Waals surface area contributed by atoms with Crippen LogP contribution in [0, 0.1) is 19.7 Å². The van der Waals surface area contributed by atoms with E-state index in [0.717, 1.165) is 17.7 Å². The molecule has 0 aliphatic carbocycles. The van der Waals surface area contributed by atoms with Crippen molar-refractivity contribution in [1.29, 1.82) is 0 Å². The molecule has 1 aromatic rings. The van der Waals surface area contributed by atoms with Gasteiger partial charge in [-0.1, -0.05) is 23.9 Å². The maximum absolute atomic E-state index is 13.4. The number of carbonyl (C=O) groups is 1. The molecule has 92 valence electrons. The molecule has 0 aliphatic heterocycles. The van der Waals surface area contributed by atoms with Gasteiger partial charge >= 0.3 is 0 Å². The molecular formula is C14H17FOS. The highest BCUT2D eigenvalue weighted by atomic mass is 32.2. The first-order valence-electron chi connectivity index (χ1n) is 5.57. The highest BCUT2D eigenvalue weighted by Gasteiger charge is 2.01. The molecule has 1 nitrogen and oxygen atoms in total. The van der Waals surface area contributed by atoms with Gasteiger partial charge in [0.15, 0.2) is 5.12 Å². The highest BCUT2D eigenvalue weighted by Crippen LogP contribution is 2.16. The summed E-state index contributed by atoms with van der Waals surface area (Å²) in [7, 11) is 0. The molecule has 0 N–H and O–H groups in total. The van der Waals surface area contributed by atoms with Crippen LogP contribution in [0.1, 0.15) is 30.0 Å². The molecule has 0 saturated carbocycles. The summed E-state index contributed by atoms with van der Waals surface area (Å²) in [6.07, 6.45) is 4.84. The van der Waals surface area contributed by atoms with Gasteiger partial charge < -0.3 is 0 Å². The van der Waals surface area contributed by atoms with Gasteiger partial charge in [0, 0.05) is 12.7 Å². The molecule has 0 aliphatic rings. The standard InChI is InChI=1S/C14H17FOS/c1-10-8-13(9-11(2)14(10)15)6-4-5-7-17-12(3)16/h4,6,8-9H,5,7H2,1-3H3. The summed E-state index contributed by atoms with van der Waals surface area (Å²) in [6, 6.07) is 3.66. The van der Waals surface area contributed by atoms with Gasteiger partial charge in [-0.15, -0.1) is 0 Å². The van der Waals surface area contributed by atoms with Crippen LogP contribution in [0.3, 0.4) is 0 Å². The third kappa shape index (κ3) is 4.73. The van der Waals surface area contributed by atoms with E-state index in [0.29, 0.717) is 11.1 Å². The number of allylic oxidation sites excluding steroid dienone is 1. The zero-order valence-electron chi connectivity index (χ0n) is 10.4. The molecule has 1 aromatic carbocycles. The third-order valence-corrected chi connectivity index (χ3v) is 3.21. The van der Waals surface area contributed by atoms with Gasteiger partial charge in [-0.05, 0) is 49.1 Å². The largest absolute Gasteiger partial charge is 0.288 e. The zero-order valence-corrected chi connectivity index (χ0v) is 11.2. The first kappa shape index (κ1) is 14.0. The monoisotopic (exact) mass is 252 g/mol. The van der Waals surface area contributed by atoms with Crippen molar-refractivity contribution in [2.75, 3.05) is 5.75 Å². The molecule has 0 fully saturated rings. The third-order valence-electron chi connectivity index (χ3n) is 2.36. The minimum absolute atomic E-state index is 0.130. The van der Waals surface area contributed by atoms with Crippen molar-refractivity contribution in [3.05, 3.63) is 40.7 Å². The summed E-state index contributed by atoms with van der Waals surface area (Å²) < 4.78 is 13.4. The molecule has 0 atom stereocenters. The second kappa shape index (κ2) is 6.60. The molecule has 0 unspecified atom stereocenters. The Morgan fingerprint density at radius 3 is 2.47 bits per heavy atom. The number of hydrogen-bond acceptors (Lipinski definition) is 2. The summed E-state index contributed by atoms with van der Waals surface area (Å²) in [5.74, 6) is 0.666. The normalized spacial score (nSPS) is 11.1. The van der Waals surface area contributed by atoms with Crippen LogP contribution < -0.4 is 0 Å². The molecule has 1 rings (SSSR count). The SMILES string of the molecule is CC(=O)SCCC=Cc1cc(C)c(F)c(C)c1. The lowest BCUT2D eigenvalue weighted by Crippen LogP contribution is -1.89. The maximum atomic E-state index is 13.4. The van der Waals surface area contributed by atoms with Gasteiger partial charge in [0.1, 0.15) is 5.82 Å². The Bertz CT molecular complexity index is 415. The lowest BCUT2D eigenvalue weighted by molar-refractivity contribution is -0.109. The molecule has 0 saturated heterocycles. The quantitative estimate of drug-likeness (QED) is 0.750. The van der Waals surface area contributed by atoms with Gasteiger partial charge in [0.05, 0.1) is 0 Å². The van der Waals surface area contributed by atoms with E-state index in [-0.39, 0.29) is 10.9 Å². The Balaban J connectivity index is 2.57. The van der Waals surface area contributed by atoms with Crippen molar-refractivity contribution in [1.82, 2.24) is 0 Å². The average molecular weight is 252 g/mol. The molecular weight excluding hydrogens is 235 g/mol. The number of rotatable bonds is 4. The minimum atomic E-state index is -0.130. The Morgan fingerprint density at radius 1 is 1.35 bits per heavy atom. The van der Waals surface area contributed by atoms with Gasteiger partial charge in [-0.25, -0.2) is 4.39 Å². The van der Waals surface area contributed by atoms with Crippen LogP contribution in [-0.4, -0.2) is 10.9 Å². The van der Waals surface area contributed by atoms with Gasteiger partial charge in [0.2, 0.25) is 0 Å². The topological polar surface area (TPSA) is 17.1 Å². The lowest BCUT2D eigenvalue weighted by Gasteiger charge is -2.02. The number of carbonyl (C=O) groups excluding carboxylic acids is 1. The van der Waals surface area contributed by atoms with Gasteiger partial charge in [0.25, 0.3) is 0 Å². The van der Waals surface area contributed by atoms with Crippen LogP contribution in [-0.2, 0) is 4.79 Å². The van der Waals surface area contributed by atoms with Crippen molar-refractivity contribution in [2.45, 2.75) is 27.2 Å². The first-order valence-corrected chi connectivity index (χ1v) is 6.56. The van der Waals surface area contributed by atoms with Gasteiger partial charge in [-0.2, -0.15) is 0 Å². The van der Waals surface area contributed by atoms with Crippen LogP contribution in [0.2, 0.25) is 0 Å². The van der Waals surface area contributed by atoms with E-state index in [1.54, 1.807) is 20.8 Å². The van der Waals surface area contributed by atoms with Crippen molar-refractivity contribution in [2.24, 2.45) is 0 Å². The van der Waals surface area contributed by atoms with Crippen LogP contribution in [0.4, 0.5) is 4.39 Å². The molecule has 17 heavy (non-hydrogen) atoms. The number of benzene rings is 1. The number of aryl methyl sites for hydroxylation is 2. The molecule has 0 radical (unpaired) electrons. The van der Waals surface area contributed by atoms with Crippen LogP contribution >= 0.6 is 11.8 Å². The zero-order chi connectivity index (χ0) is 12.8. The number of halogens is 1. The van der Waals surface area contributed by atoms with E-state index in [1.807, 2.05) is 24.3 Å². The summed E-state index contributed by atoms with van der Waals surface area (Å²) >= 11 is 1.33. The Labute approximate surface area is 106 Å². The average Bonchev–Trinajstić information content (AvgIpc) is 2.25. The summed E-state index contributed by atoms with van der Waals surface area (Å²) in [5, 5.41) is 0.145. The molecule has 0 heterocycles. The van der Waals surface area contributed by atoms with Crippen LogP contribution in [0.5, 0.6) is 0 Å². The van der Waals surface area contributed by atoms with E-state index >= 15 is 0 Å². The van der Waals surface area contributed by atoms with Crippen molar-refractivity contribution in [3.8, 4) is 0 Å². The second-order valence-electron chi connectivity index (χ2n) is 4.00. The van der Waals surface area contributed by atoms with E-state index in [2.05, 4.69) is 0 Å². The predicted octanol–water partition coefficient (Wildman–Crippen LogP) is 4.13. The van der Waals surface area contributed by atoms with Crippen molar-refractivity contribution < 1.29 is 9.18 Å². The summed E-state index contributed by atoms with van der Waals surface area (Å²) in [5.41, 5.74) is 2.35. The van der Waals surface area contributed by atoms with E-state index < -0.39 is 0 Å². The Morgan fingerprint density at radius 2 is 1.94 bits per heavy atom. The summed E-state index contributed by atoms with van der Waals surface area (Å²) in [4.78, 5) is 10.7. The Hall–Kier alpha value is -1.09. The van der Waals surface area contributed by atoms with Crippen molar-refractivity contribution >= 4 is 23.0 Å². The molecule has 0 bridgehead atoms. The Kier molecular flexibility index (Phi) is 5.42. The predicted molar refractivity (Wildman–Crippen MR) is 72.7 cm³/mol. The minimum Gasteiger partial charge on any atom is -0.288 e. The number of hydrogen-bond donors (Lipinski definition) is 0. The highest BCUT2D eigenvalue weighted by molar-refractivity contribution is 8.13. The van der Waals surface area contributed by atoms with Crippen LogP contribution in [0.15, 0.2) is 18.2 Å². The fraction of sp³-hybridized carbons (Fsp3) is 0.357. The molecule has 0 spiro atoms.